The van der Waals surface area contributed by atoms with E-state index in [2.05, 4.69) is 5.32 Å². The molecule has 0 bridgehead atoms. The minimum absolute atomic E-state index is 0.259. The summed E-state index contributed by atoms with van der Waals surface area (Å²) in [6.45, 7) is 1.85. The molecule has 0 fully saturated rings. The van der Waals surface area contributed by atoms with E-state index in [1.54, 1.807) is 6.07 Å². The summed E-state index contributed by atoms with van der Waals surface area (Å²) in [4.78, 5) is 23.0. The van der Waals surface area contributed by atoms with Gasteiger partial charge in [0.1, 0.15) is 11.8 Å². The van der Waals surface area contributed by atoms with Crippen LogP contribution < -0.4 is 10.1 Å². The van der Waals surface area contributed by atoms with Crippen molar-refractivity contribution in [3.63, 3.8) is 0 Å². The zero-order valence-corrected chi connectivity index (χ0v) is 11.5. The SMILES string of the molecule is CCC[C@H](NC(=O)c1ccc(Cl)cc1OC)C(=O)O. The highest BCUT2D eigenvalue weighted by Gasteiger charge is 2.21. The van der Waals surface area contributed by atoms with Gasteiger partial charge in [0.2, 0.25) is 0 Å². The number of carboxylic acid groups (broad SMARTS) is 1. The zero-order chi connectivity index (χ0) is 14.4. The molecule has 0 aromatic heterocycles. The Labute approximate surface area is 116 Å². The molecule has 6 heteroatoms. The molecular weight excluding hydrogens is 270 g/mol. The number of methoxy groups -OCH3 is 1. The van der Waals surface area contributed by atoms with E-state index in [0.717, 1.165) is 0 Å². The predicted molar refractivity (Wildman–Crippen MR) is 71.8 cm³/mol. The molecule has 2 N–H and O–H groups in total. The zero-order valence-electron chi connectivity index (χ0n) is 10.8. The highest BCUT2D eigenvalue weighted by atomic mass is 35.5. The van der Waals surface area contributed by atoms with E-state index in [-0.39, 0.29) is 5.56 Å². The Kier molecular flexibility index (Phi) is 5.63. The molecule has 0 unspecified atom stereocenters. The second-order valence-corrected chi connectivity index (χ2v) is 4.43. The number of aliphatic carboxylic acids is 1. The molecule has 104 valence electrons. The topological polar surface area (TPSA) is 75.6 Å². The molecular formula is C13H16ClNO4. The van der Waals surface area contributed by atoms with Crippen molar-refractivity contribution in [3.05, 3.63) is 28.8 Å². The van der Waals surface area contributed by atoms with Crippen LogP contribution in [0.1, 0.15) is 30.1 Å². The fourth-order valence-corrected chi connectivity index (χ4v) is 1.80. The molecule has 1 amide bonds. The summed E-state index contributed by atoms with van der Waals surface area (Å²) in [6, 6.07) is 3.65. The molecule has 0 saturated heterocycles. The molecule has 0 aliphatic heterocycles. The lowest BCUT2D eigenvalue weighted by Crippen LogP contribution is -2.40. The second kappa shape index (κ2) is 6.99. The Bertz CT molecular complexity index is 476. The molecule has 0 saturated carbocycles. The molecule has 1 atom stereocenters. The minimum atomic E-state index is -1.05. The summed E-state index contributed by atoms with van der Waals surface area (Å²) in [6.07, 6.45) is 1.03. The van der Waals surface area contributed by atoms with Gasteiger partial charge in [0, 0.05) is 5.02 Å². The number of amides is 1. The largest absolute Gasteiger partial charge is 0.496 e. The summed E-state index contributed by atoms with van der Waals surface area (Å²) in [5.41, 5.74) is 0.259. The first-order valence-electron chi connectivity index (χ1n) is 5.86. The fourth-order valence-electron chi connectivity index (χ4n) is 1.63. The van der Waals surface area contributed by atoms with Crippen LogP contribution in [-0.4, -0.2) is 30.1 Å². The van der Waals surface area contributed by atoms with E-state index in [4.69, 9.17) is 21.4 Å². The molecule has 5 nitrogen and oxygen atoms in total. The number of hydrogen-bond acceptors (Lipinski definition) is 3. The van der Waals surface area contributed by atoms with Crippen LogP contribution in [0.3, 0.4) is 0 Å². The first-order valence-corrected chi connectivity index (χ1v) is 6.24. The number of benzene rings is 1. The molecule has 19 heavy (non-hydrogen) atoms. The van der Waals surface area contributed by atoms with Crippen molar-refractivity contribution in [3.8, 4) is 5.75 Å². The van der Waals surface area contributed by atoms with Gasteiger partial charge in [0.05, 0.1) is 12.7 Å². The number of carbonyl (C=O) groups is 2. The Morgan fingerprint density at radius 1 is 1.47 bits per heavy atom. The summed E-state index contributed by atoms with van der Waals surface area (Å²) >= 11 is 5.80. The molecule has 1 rings (SSSR count). The van der Waals surface area contributed by atoms with Crippen LogP contribution in [0.5, 0.6) is 5.75 Å². The first-order chi connectivity index (χ1) is 8.99. The summed E-state index contributed by atoms with van der Waals surface area (Å²) in [5.74, 6) is -1.23. The monoisotopic (exact) mass is 285 g/mol. The van der Waals surface area contributed by atoms with E-state index < -0.39 is 17.9 Å². The Hall–Kier alpha value is -1.75. The molecule has 0 aliphatic carbocycles. The van der Waals surface area contributed by atoms with Crippen molar-refractivity contribution >= 4 is 23.5 Å². The van der Waals surface area contributed by atoms with Crippen molar-refractivity contribution in [2.75, 3.05) is 7.11 Å². The van der Waals surface area contributed by atoms with Crippen LogP contribution in [0.15, 0.2) is 18.2 Å². The maximum atomic E-state index is 12.0. The van der Waals surface area contributed by atoms with Gasteiger partial charge in [-0.25, -0.2) is 4.79 Å². The molecule has 1 aromatic rings. The van der Waals surface area contributed by atoms with Crippen molar-refractivity contribution in [1.29, 1.82) is 0 Å². The maximum Gasteiger partial charge on any atom is 0.326 e. The highest BCUT2D eigenvalue weighted by Crippen LogP contribution is 2.23. The van der Waals surface area contributed by atoms with Crippen LogP contribution in [-0.2, 0) is 4.79 Å². The quantitative estimate of drug-likeness (QED) is 0.841. The summed E-state index contributed by atoms with van der Waals surface area (Å²) in [5, 5.41) is 11.9. The molecule has 0 heterocycles. The number of rotatable bonds is 6. The Morgan fingerprint density at radius 3 is 2.68 bits per heavy atom. The average molecular weight is 286 g/mol. The van der Waals surface area contributed by atoms with Crippen molar-refractivity contribution in [1.82, 2.24) is 5.32 Å². The number of hydrogen-bond donors (Lipinski definition) is 2. The predicted octanol–water partition coefficient (Wildman–Crippen LogP) is 2.33. The molecule has 0 aliphatic rings. The van der Waals surface area contributed by atoms with Gasteiger partial charge in [-0.15, -0.1) is 0 Å². The molecule has 1 aromatic carbocycles. The fraction of sp³-hybridized carbons (Fsp3) is 0.385. The third-order valence-electron chi connectivity index (χ3n) is 2.59. The van der Waals surface area contributed by atoms with Crippen LogP contribution in [0, 0.1) is 0 Å². The first kappa shape index (κ1) is 15.3. The number of carboxylic acids is 1. The van der Waals surface area contributed by atoms with E-state index in [0.29, 0.717) is 23.6 Å². The van der Waals surface area contributed by atoms with Crippen LogP contribution in [0.25, 0.3) is 0 Å². The second-order valence-electron chi connectivity index (χ2n) is 4.00. The van der Waals surface area contributed by atoms with Gasteiger partial charge in [-0.05, 0) is 24.6 Å². The average Bonchev–Trinajstić information content (AvgIpc) is 2.37. The van der Waals surface area contributed by atoms with Crippen LogP contribution >= 0.6 is 11.6 Å². The minimum Gasteiger partial charge on any atom is -0.496 e. The van der Waals surface area contributed by atoms with Gasteiger partial charge in [-0.3, -0.25) is 4.79 Å². The standard InChI is InChI=1S/C13H16ClNO4/c1-3-4-10(13(17)18)15-12(16)9-6-5-8(14)7-11(9)19-2/h5-7,10H,3-4H2,1-2H3,(H,15,16)(H,17,18)/t10-/m0/s1. The number of halogens is 1. The van der Waals surface area contributed by atoms with E-state index >= 15 is 0 Å². The van der Waals surface area contributed by atoms with Gasteiger partial charge >= 0.3 is 5.97 Å². The third-order valence-corrected chi connectivity index (χ3v) is 2.82. The smallest absolute Gasteiger partial charge is 0.326 e. The number of ether oxygens (including phenoxy) is 1. The highest BCUT2D eigenvalue weighted by molar-refractivity contribution is 6.30. The van der Waals surface area contributed by atoms with Gasteiger partial charge in [0.15, 0.2) is 0 Å². The van der Waals surface area contributed by atoms with Gasteiger partial charge in [-0.1, -0.05) is 24.9 Å². The Balaban J connectivity index is 2.91. The van der Waals surface area contributed by atoms with Gasteiger partial charge in [0.25, 0.3) is 5.91 Å². The normalized spacial score (nSPS) is 11.7. The lowest BCUT2D eigenvalue weighted by molar-refractivity contribution is -0.139. The van der Waals surface area contributed by atoms with Crippen LogP contribution in [0.4, 0.5) is 0 Å². The van der Waals surface area contributed by atoms with Crippen molar-refractivity contribution in [2.45, 2.75) is 25.8 Å². The Morgan fingerprint density at radius 2 is 2.16 bits per heavy atom. The lowest BCUT2D eigenvalue weighted by Gasteiger charge is -2.15. The van der Waals surface area contributed by atoms with E-state index in [1.807, 2.05) is 6.92 Å². The molecule has 0 radical (unpaired) electrons. The van der Waals surface area contributed by atoms with Gasteiger partial charge in [-0.2, -0.15) is 0 Å². The van der Waals surface area contributed by atoms with Gasteiger partial charge < -0.3 is 15.2 Å². The third kappa shape index (κ3) is 4.13. The van der Waals surface area contributed by atoms with E-state index in [1.165, 1.54) is 19.2 Å². The van der Waals surface area contributed by atoms with Crippen molar-refractivity contribution < 1.29 is 19.4 Å². The summed E-state index contributed by atoms with van der Waals surface area (Å²) < 4.78 is 5.06. The van der Waals surface area contributed by atoms with E-state index in [9.17, 15) is 9.59 Å². The van der Waals surface area contributed by atoms with Crippen LogP contribution in [0.2, 0.25) is 5.02 Å². The lowest BCUT2D eigenvalue weighted by atomic mass is 10.1. The maximum absolute atomic E-state index is 12.0. The number of carbonyl (C=O) groups excluding carboxylic acids is 1. The number of nitrogens with one attached hydrogen (secondary N) is 1. The summed E-state index contributed by atoms with van der Waals surface area (Å²) in [7, 11) is 1.42. The van der Waals surface area contributed by atoms with Crippen molar-refractivity contribution in [2.24, 2.45) is 0 Å². The molecule has 0 spiro atoms.